The minimum Gasteiger partial charge on any atom is -0.447 e. The van der Waals surface area contributed by atoms with Gasteiger partial charge in [0.15, 0.2) is 0 Å². The predicted molar refractivity (Wildman–Crippen MR) is 76.9 cm³/mol. The van der Waals surface area contributed by atoms with Crippen molar-refractivity contribution in [3.05, 3.63) is 17.9 Å². The van der Waals surface area contributed by atoms with Crippen LogP contribution in [0, 0.1) is 5.92 Å². The average molecular weight is 304 g/mol. The van der Waals surface area contributed by atoms with E-state index in [4.69, 9.17) is 9.15 Å². The molecular weight excluding hydrogens is 280 g/mol. The second kappa shape index (κ2) is 7.78. The van der Waals surface area contributed by atoms with Crippen LogP contribution in [-0.4, -0.2) is 34.7 Å². The third-order valence-electron chi connectivity index (χ3n) is 2.87. The van der Waals surface area contributed by atoms with E-state index in [2.05, 4.69) is 10.0 Å². The molecule has 20 heavy (non-hydrogen) atoms. The molecular formula is C13H24N2O4S. The van der Waals surface area contributed by atoms with Crippen LogP contribution in [0.4, 0.5) is 0 Å². The zero-order valence-corrected chi connectivity index (χ0v) is 13.3. The van der Waals surface area contributed by atoms with Crippen LogP contribution in [0.3, 0.4) is 0 Å². The minimum atomic E-state index is -3.66. The molecule has 0 aromatic carbocycles. The van der Waals surface area contributed by atoms with Crippen LogP contribution in [0.1, 0.15) is 26.5 Å². The molecule has 0 aliphatic carbocycles. The second-order valence-electron chi connectivity index (χ2n) is 4.88. The predicted octanol–water partition coefficient (Wildman–Crippen LogP) is 1.34. The number of hydrogen-bond donors (Lipinski definition) is 2. The third kappa shape index (κ3) is 4.90. The fourth-order valence-electron chi connectivity index (χ4n) is 1.64. The van der Waals surface area contributed by atoms with Crippen LogP contribution in [0.25, 0.3) is 0 Å². The number of sulfonamides is 1. The van der Waals surface area contributed by atoms with Crippen molar-refractivity contribution in [3.63, 3.8) is 0 Å². The first-order valence-corrected chi connectivity index (χ1v) is 8.22. The molecule has 0 bridgehead atoms. The molecule has 1 unspecified atom stereocenters. The van der Waals surface area contributed by atoms with Crippen molar-refractivity contribution in [3.8, 4) is 0 Å². The Morgan fingerprint density at radius 1 is 1.35 bits per heavy atom. The summed E-state index contributed by atoms with van der Waals surface area (Å²) < 4.78 is 37.8. The maximum Gasteiger partial charge on any atom is 0.274 e. The molecule has 0 amide bonds. The molecule has 0 spiro atoms. The van der Waals surface area contributed by atoms with Gasteiger partial charge in [-0.3, -0.25) is 0 Å². The lowest BCUT2D eigenvalue weighted by Crippen LogP contribution is -2.41. The molecule has 1 aromatic heterocycles. The van der Waals surface area contributed by atoms with E-state index in [0.29, 0.717) is 25.5 Å². The molecule has 1 rings (SSSR count). The lowest BCUT2D eigenvalue weighted by Gasteiger charge is -2.21. The standard InChI is InChI=1S/C13H24N2O4S/c1-5-18-9-12(10(2)3)15-20(16,17)13-7-6-11(19-13)8-14-4/h6-7,10,12,14-15H,5,8-9H2,1-4H3. The number of furan rings is 1. The van der Waals surface area contributed by atoms with Crippen LogP contribution in [-0.2, 0) is 21.3 Å². The van der Waals surface area contributed by atoms with Gasteiger partial charge >= 0.3 is 0 Å². The van der Waals surface area contributed by atoms with E-state index >= 15 is 0 Å². The first kappa shape index (κ1) is 17.2. The van der Waals surface area contributed by atoms with E-state index in [9.17, 15) is 8.42 Å². The zero-order valence-electron chi connectivity index (χ0n) is 12.5. The Hall–Kier alpha value is -0.890. The van der Waals surface area contributed by atoms with Crippen molar-refractivity contribution in [2.45, 2.75) is 38.5 Å². The van der Waals surface area contributed by atoms with E-state index in [-0.39, 0.29) is 17.1 Å². The molecule has 6 nitrogen and oxygen atoms in total. The number of nitrogens with one attached hydrogen (secondary N) is 2. The molecule has 0 aliphatic rings. The molecule has 1 heterocycles. The van der Waals surface area contributed by atoms with Gasteiger partial charge in [0.2, 0.25) is 5.09 Å². The van der Waals surface area contributed by atoms with Crippen LogP contribution >= 0.6 is 0 Å². The van der Waals surface area contributed by atoms with E-state index in [0.717, 1.165) is 0 Å². The van der Waals surface area contributed by atoms with E-state index in [1.807, 2.05) is 20.8 Å². The molecule has 0 aliphatic heterocycles. The molecule has 2 N–H and O–H groups in total. The molecule has 0 radical (unpaired) electrons. The summed E-state index contributed by atoms with van der Waals surface area (Å²) in [7, 11) is -1.89. The fraction of sp³-hybridized carbons (Fsp3) is 0.692. The van der Waals surface area contributed by atoms with Crippen LogP contribution in [0.15, 0.2) is 21.6 Å². The van der Waals surface area contributed by atoms with Crippen molar-refractivity contribution in [1.82, 2.24) is 10.0 Å². The Morgan fingerprint density at radius 3 is 2.60 bits per heavy atom. The lowest BCUT2D eigenvalue weighted by atomic mass is 10.1. The summed E-state index contributed by atoms with van der Waals surface area (Å²) in [4.78, 5) is 0. The quantitative estimate of drug-likeness (QED) is 0.719. The number of rotatable bonds is 9. The molecule has 0 fully saturated rings. The molecule has 7 heteroatoms. The highest BCUT2D eigenvalue weighted by molar-refractivity contribution is 7.89. The Bertz CT molecular complexity index is 496. The maximum atomic E-state index is 12.2. The smallest absolute Gasteiger partial charge is 0.274 e. The van der Waals surface area contributed by atoms with Crippen molar-refractivity contribution in [2.24, 2.45) is 5.92 Å². The first-order valence-electron chi connectivity index (χ1n) is 6.74. The van der Waals surface area contributed by atoms with Crippen LogP contribution < -0.4 is 10.0 Å². The highest BCUT2D eigenvalue weighted by Crippen LogP contribution is 2.15. The highest BCUT2D eigenvalue weighted by atomic mass is 32.2. The SMILES string of the molecule is CCOCC(NS(=O)(=O)c1ccc(CNC)o1)C(C)C. The Kier molecular flexibility index (Phi) is 6.67. The zero-order chi connectivity index (χ0) is 15.2. The highest BCUT2D eigenvalue weighted by Gasteiger charge is 2.25. The summed E-state index contributed by atoms with van der Waals surface area (Å²) in [6.07, 6.45) is 0. The molecule has 1 aromatic rings. The number of ether oxygens (including phenoxy) is 1. The van der Waals surface area contributed by atoms with E-state index in [1.54, 1.807) is 13.1 Å². The molecule has 0 saturated carbocycles. The Balaban J connectivity index is 2.80. The van der Waals surface area contributed by atoms with Gasteiger partial charge in [0.25, 0.3) is 10.0 Å². The second-order valence-corrected chi connectivity index (χ2v) is 6.53. The van der Waals surface area contributed by atoms with Gasteiger partial charge in [-0.15, -0.1) is 0 Å². The molecule has 116 valence electrons. The van der Waals surface area contributed by atoms with Gasteiger partial charge in [0.1, 0.15) is 5.76 Å². The maximum absolute atomic E-state index is 12.2. The molecule has 0 saturated heterocycles. The topological polar surface area (TPSA) is 80.6 Å². The van der Waals surface area contributed by atoms with Crippen molar-refractivity contribution in [1.29, 1.82) is 0 Å². The normalized spacial score (nSPS) is 13.8. The third-order valence-corrected chi connectivity index (χ3v) is 4.23. The average Bonchev–Trinajstić information content (AvgIpc) is 2.84. The van der Waals surface area contributed by atoms with Gasteiger partial charge in [-0.25, -0.2) is 13.1 Å². The largest absolute Gasteiger partial charge is 0.447 e. The van der Waals surface area contributed by atoms with Crippen LogP contribution in [0.2, 0.25) is 0 Å². The lowest BCUT2D eigenvalue weighted by molar-refractivity contribution is 0.116. The van der Waals surface area contributed by atoms with Gasteiger partial charge in [0.05, 0.1) is 13.2 Å². The summed E-state index contributed by atoms with van der Waals surface area (Å²) in [6, 6.07) is 2.84. The van der Waals surface area contributed by atoms with Crippen LogP contribution in [0.5, 0.6) is 0 Å². The molecule has 1 atom stereocenters. The number of hydrogen-bond acceptors (Lipinski definition) is 5. The summed E-state index contributed by atoms with van der Waals surface area (Å²) in [5, 5.41) is 2.84. The van der Waals surface area contributed by atoms with Gasteiger partial charge in [-0.1, -0.05) is 13.8 Å². The van der Waals surface area contributed by atoms with E-state index < -0.39 is 10.0 Å². The summed E-state index contributed by atoms with van der Waals surface area (Å²) >= 11 is 0. The minimum absolute atomic E-state index is 0.0649. The van der Waals surface area contributed by atoms with Gasteiger partial charge < -0.3 is 14.5 Å². The summed E-state index contributed by atoms with van der Waals surface area (Å²) in [5.41, 5.74) is 0. The summed E-state index contributed by atoms with van der Waals surface area (Å²) in [6.45, 7) is 7.15. The van der Waals surface area contributed by atoms with Gasteiger partial charge in [0, 0.05) is 12.6 Å². The van der Waals surface area contributed by atoms with Gasteiger partial charge in [-0.05, 0) is 32.0 Å². The fourth-order valence-corrected chi connectivity index (χ4v) is 2.96. The van der Waals surface area contributed by atoms with Crippen molar-refractivity contribution >= 4 is 10.0 Å². The van der Waals surface area contributed by atoms with E-state index in [1.165, 1.54) is 6.07 Å². The monoisotopic (exact) mass is 304 g/mol. The Labute approximate surface area is 120 Å². The Morgan fingerprint density at radius 2 is 2.05 bits per heavy atom. The van der Waals surface area contributed by atoms with Crippen molar-refractivity contribution < 1.29 is 17.6 Å². The van der Waals surface area contributed by atoms with Gasteiger partial charge in [-0.2, -0.15) is 0 Å². The first-order chi connectivity index (χ1) is 9.40. The van der Waals surface area contributed by atoms with Crippen molar-refractivity contribution in [2.75, 3.05) is 20.3 Å². The summed E-state index contributed by atoms with van der Waals surface area (Å²) in [5.74, 6) is 0.710.